The van der Waals surface area contributed by atoms with Gasteiger partial charge < -0.3 is 14.6 Å². The third-order valence-corrected chi connectivity index (χ3v) is 6.34. The molecule has 3 aromatic rings. The molecule has 0 aliphatic carbocycles. The van der Waals surface area contributed by atoms with E-state index in [4.69, 9.17) is 17.0 Å². The van der Waals surface area contributed by atoms with Gasteiger partial charge in [-0.15, -0.1) is 0 Å². The van der Waals surface area contributed by atoms with Crippen LogP contribution in [0.1, 0.15) is 21.7 Å². The number of aromatic nitrogens is 3. The minimum atomic E-state index is -3.95. The summed E-state index contributed by atoms with van der Waals surface area (Å²) in [4.78, 5) is 12.6. The first-order chi connectivity index (χ1) is 14.2. The summed E-state index contributed by atoms with van der Waals surface area (Å²) in [7, 11) is -0.763. The van der Waals surface area contributed by atoms with Crippen molar-refractivity contribution >= 4 is 33.8 Å². The number of methoxy groups -OCH3 is 1. The van der Waals surface area contributed by atoms with E-state index in [1.54, 1.807) is 54.9 Å². The molecule has 1 amide bonds. The van der Waals surface area contributed by atoms with Crippen LogP contribution in [0, 0.1) is 11.7 Å². The smallest absolute Gasteiger partial charge is 0.262 e. The van der Waals surface area contributed by atoms with Crippen molar-refractivity contribution in [3.63, 3.8) is 0 Å². The molecule has 9 nitrogen and oxygen atoms in total. The summed E-state index contributed by atoms with van der Waals surface area (Å²) < 4.78 is 35.7. The summed E-state index contributed by atoms with van der Waals surface area (Å²) in [6.45, 7) is 1.80. The predicted molar refractivity (Wildman–Crippen MR) is 115 cm³/mol. The Kier molecular flexibility index (Phi) is 6.22. The quantitative estimate of drug-likeness (QED) is 0.479. The highest BCUT2D eigenvalue weighted by molar-refractivity contribution is 7.92. The zero-order valence-electron chi connectivity index (χ0n) is 16.6. The minimum Gasteiger partial charge on any atom is -0.495 e. The first-order valence-electron chi connectivity index (χ1n) is 8.88. The fourth-order valence-corrected chi connectivity index (χ4v) is 4.25. The Labute approximate surface area is 179 Å². The molecular formula is C19H21N5O4S2. The normalized spacial score (nSPS) is 11.2. The molecule has 3 rings (SSSR count). The van der Waals surface area contributed by atoms with Crippen LogP contribution < -0.4 is 14.8 Å². The monoisotopic (exact) mass is 447 g/mol. The number of amides is 1. The average Bonchev–Trinajstić information content (AvgIpc) is 3.04. The van der Waals surface area contributed by atoms with Crippen LogP contribution in [0.2, 0.25) is 0 Å². The Morgan fingerprint density at radius 3 is 2.67 bits per heavy atom. The summed E-state index contributed by atoms with van der Waals surface area (Å²) in [6, 6.07) is 11.2. The second-order valence-corrected chi connectivity index (χ2v) is 8.51. The van der Waals surface area contributed by atoms with Crippen LogP contribution in [0.25, 0.3) is 0 Å². The van der Waals surface area contributed by atoms with E-state index in [9.17, 15) is 13.2 Å². The van der Waals surface area contributed by atoms with Crippen molar-refractivity contribution in [2.75, 3.05) is 11.8 Å². The maximum absolute atomic E-state index is 13.0. The zero-order valence-corrected chi connectivity index (χ0v) is 18.2. The maximum Gasteiger partial charge on any atom is 0.262 e. The number of aryl methyl sites for hydroxylation is 1. The second kappa shape index (κ2) is 8.67. The van der Waals surface area contributed by atoms with E-state index in [1.165, 1.54) is 13.2 Å². The zero-order chi connectivity index (χ0) is 21.9. The molecule has 0 saturated carbocycles. The molecule has 1 heterocycles. The van der Waals surface area contributed by atoms with Crippen LogP contribution in [0.15, 0.2) is 47.4 Å². The molecule has 1 aromatic heterocycles. The number of anilines is 1. The van der Waals surface area contributed by atoms with E-state index in [-0.39, 0.29) is 17.0 Å². The van der Waals surface area contributed by atoms with Gasteiger partial charge in [0.1, 0.15) is 5.75 Å². The lowest BCUT2D eigenvalue weighted by molar-refractivity contribution is 0.0949. The average molecular weight is 448 g/mol. The van der Waals surface area contributed by atoms with Crippen LogP contribution in [-0.4, -0.2) is 36.2 Å². The van der Waals surface area contributed by atoms with E-state index in [1.807, 2.05) is 0 Å². The number of rotatable bonds is 7. The topological polar surface area (TPSA) is 118 Å². The van der Waals surface area contributed by atoms with Crippen molar-refractivity contribution in [2.45, 2.75) is 18.4 Å². The lowest BCUT2D eigenvalue weighted by Gasteiger charge is -2.14. The van der Waals surface area contributed by atoms with Gasteiger partial charge in [-0.2, -0.15) is 5.10 Å². The van der Waals surface area contributed by atoms with E-state index in [2.05, 4.69) is 20.2 Å². The summed E-state index contributed by atoms with van der Waals surface area (Å²) in [6.07, 6.45) is 0. The largest absolute Gasteiger partial charge is 0.495 e. The molecule has 0 fully saturated rings. The number of hydrogen-bond donors (Lipinski definition) is 3. The van der Waals surface area contributed by atoms with E-state index in [0.29, 0.717) is 27.6 Å². The lowest BCUT2D eigenvalue weighted by atomic mass is 10.1. The maximum atomic E-state index is 13.0. The highest BCUT2D eigenvalue weighted by Gasteiger charge is 2.21. The number of nitrogens with zero attached hydrogens (tertiary/aromatic N) is 2. The Morgan fingerprint density at radius 2 is 2.00 bits per heavy atom. The summed E-state index contributed by atoms with van der Waals surface area (Å²) >= 11 is 5.04. The van der Waals surface area contributed by atoms with Gasteiger partial charge >= 0.3 is 0 Å². The molecule has 30 heavy (non-hydrogen) atoms. The third kappa shape index (κ3) is 4.52. The molecule has 2 aromatic carbocycles. The van der Waals surface area contributed by atoms with Gasteiger partial charge in [-0.3, -0.25) is 14.6 Å². The Balaban J connectivity index is 1.84. The molecule has 0 aliphatic heterocycles. The highest BCUT2D eigenvalue weighted by Crippen LogP contribution is 2.27. The summed E-state index contributed by atoms with van der Waals surface area (Å²) in [5.74, 6) is 0.504. The van der Waals surface area contributed by atoms with E-state index in [0.717, 1.165) is 0 Å². The lowest BCUT2D eigenvalue weighted by Crippen LogP contribution is -2.25. The van der Waals surface area contributed by atoms with Crippen LogP contribution in [0.5, 0.6) is 5.75 Å². The molecule has 158 valence electrons. The van der Waals surface area contributed by atoms with Crippen LogP contribution >= 0.6 is 12.2 Å². The van der Waals surface area contributed by atoms with Crippen molar-refractivity contribution in [1.82, 2.24) is 20.1 Å². The van der Waals surface area contributed by atoms with Gasteiger partial charge in [0.25, 0.3) is 15.9 Å². The molecule has 3 N–H and O–H groups in total. The molecule has 0 unspecified atom stereocenters. The van der Waals surface area contributed by atoms with Crippen molar-refractivity contribution in [2.24, 2.45) is 7.05 Å². The number of aromatic amines is 1. The number of sulfonamides is 1. The first kappa shape index (κ1) is 21.5. The van der Waals surface area contributed by atoms with Crippen molar-refractivity contribution in [1.29, 1.82) is 0 Å². The van der Waals surface area contributed by atoms with Gasteiger partial charge in [0, 0.05) is 12.6 Å². The second-order valence-electron chi connectivity index (χ2n) is 6.47. The van der Waals surface area contributed by atoms with E-state index < -0.39 is 15.9 Å². The number of hydrogen-bond acceptors (Lipinski definition) is 6. The SMILES string of the molecule is COc1ccccc1NS(=O)(=O)c1cc(C(=O)NCc2n[nH]c(=S)n2C)ccc1C. The van der Waals surface area contributed by atoms with Crippen molar-refractivity contribution in [3.8, 4) is 5.75 Å². The van der Waals surface area contributed by atoms with Crippen LogP contribution in [0.3, 0.4) is 0 Å². The molecule has 0 atom stereocenters. The van der Waals surface area contributed by atoms with Gasteiger partial charge in [0.15, 0.2) is 10.6 Å². The first-order valence-corrected chi connectivity index (χ1v) is 10.8. The number of H-pyrrole nitrogens is 1. The minimum absolute atomic E-state index is 0.000717. The van der Waals surface area contributed by atoms with Crippen LogP contribution in [-0.2, 0) is 23.6 Å². The third-order valence-electron chi connectivity index (χ3n) is 4.47. The number of nitrogens with one attached hydrogen (secondary N) is 3. The standard InChI is InChI=1S/C19H21N5O4S2/c1-12-8-9-13(18(25)20-11-17-21-22-19(29)24(17)2)10-16(12)30(26,27)23-14-6-4-5-7-15(14)28-3/h4-10,23H,11H2,1-3H3,(H,20,25)(H,22,29). The van der Waals surface area contributed by atoms with Gasteiger partial charge in [0.2, 0.25) is 0 Å². The number of para-hydroxylation sites is 2. The molecule has 0 radical (unpaired) electrons. The Bertz CT molecular complexity index is 1250. The molecule has 0 aliphatic rings. The van der Waals surface area contributed by atoms with E-state index >= 15 is 0 Å². The predicted octanol–water partition coefficient (Wildman–Crippen LogP) is 2.53. The summed E-state index contributed by atoms with van der Waals surface area (Å²) in [5.41, 5.74) is 1.01. The van der Waals surface area contributed by atoms with Crippen LogP contribution in [0.4, 0.5) is 5.69 Å². The van der Waals surface area contributed by atoms with Crippen molar-refractivity contribution in [3.05, 3.63) is 64.2 Å². The molecule has 0 saturated heterocycles. The molecular weight excluding hydrogens is 426 g/mol. The molecule has 11 heteroatoms. The molecule has 0 spiro atoms. The van der Waals surface area contributed by atoms with Crippen molar-refractivity contribution < 1.29 is 17.9 Å². The fourth-order valence-electron chi connectivity index (χ4n) is 2.76. The number of carbonyl (C=O) groups excluding carboxylic acids is 1. The van der Waals surface area contributed by atoms with Gasteiger partial charge in [-0.25, -0.2) is 8.42 Å². The number of carbonyl (C=O) groups is 1. The Morgan fingerprint density at radius 1 is 1.27 bits per heavy atom. The fraction of sp³-hybridized carbons (Fsp3) is 0.211. The number of benzene rings is 2. The van der Waals surface area contributed by atoms with Gasteiger partial charge in [-0.05, 0) is 49.0 Å². The highest BCUT2D eigenvalue weighted by atomic mass is 32.2. The van der Waals surface area contributed by atoms with Gasteiger partial charge in [0.05, 0.1) is 24.2 Å². The summed E-state index contributed by atoms with van der Waals surface area (Å²) in [5, 5.41) is 9.38. The molecule has 0 bridgehead atoms. The van der Waals surface area contributed by atoms with Gasteiger partial charge in [-0.1, -0.05) is 18.2 Å². The Hall–Kier alpha value is -3.18. The number of ether oxygens (including phenoxy) is 1.